The second-order valence-electron chi connectivity index (χ2n) is 5.56. The molecule has 0 aromatic carbocycles. The van der Waals surface area contributed by atoms with Gasteiger partial charge >= 0.3 is 0 Å². The van der Waals surface area contributed by atoms with Crippen molar-refractivity contribution >= 4 is 0 Å². The van der Waals surface area contributed by atoms with Crippen molar-refractivity contribution in [2.75, 3.05) is 26.3 Å². The smallest absolute Gasteiger partial charge is 0.105 e. The van der Waals surface area contributed by atoms with E-state index < -0.39 is 0 Å². The normalized spacial score (nSPS) is 27.1. The molecule has 0 spiro atoms. The zero-order valence-electron chi connectivity index (χ0n) is 10.9. The molecule has 2 rings (SSSR count). The number of hydrogen-bond donors (Lipinski definition) is 1. The summed E-state index contributed by atoms with van der Waals surface area (Å²) in [6, 6.07) is 3.47. The van der Waals surface area contributed by atoms with Gasteiger partial charge in [0, 0.05) is 25.2 Å². The highest BCUT2D eigenvalue weighted by molar-refractivity contribution is 5.08. The van der Waals surface area contributed by atoms with Crippen LogP contribution in [-0.4, -0.2) is 48.8 Å². The first-order chi connectivity index (χ1) is 8.13. The van der Waals surface area contributed by atoms with Gasteiger partial charge < -0.3 is 4.74 Å². The van der Waals surface area contributed by atoms with Gasteiger partial charge in [0.2, 0.25) is 0 Å². The van der Waals surface area contributed by atoms with Gasteiger partial charge in [0.25, 0.3) is 0 Å². The molecule has 1 saturated heterocycles. The van der Waals surface area contributed by atoms with Gasteiger partial charge in [-0.2, -0.15) is 5.26 Å². The van der Waals surface area contributed by atoms with E-state index >= 15 is 0 Å². The maximum absolute atomic E-state index is 9.35. The molecule has 0 amide bonds. The molecule has 0 aromatic rings. The van der Waals surface area contributed by atoms with Gasteiger partial charge in [0.15, 0.2) is 0 Å². The van der Waals surface area contributed by atoms with Crippen LogP contribution in [0.4, 0.5) is 0 Å². The van der Waals surface area contributed by atoms with E-state index in [-0.39, 0.29) is 5.54 Å². The lowest BCUT2D eigenvalue weighted by molar-refractivity contribution is 0.0150. The Hall–Kier alpha value is -0.630. The number of morpholine rings is 1. The van der Waals surface area contributed by atoms with E-state index in [1.54, 1.807) is 0 Å². The molecule has 1 heterocycles. The summed E-state index contributed by atoms with van der Waals surface area (Å²) in [5.41, 5.74) is -0.376. The number of ether oxygens (including phenoxy) is 1. The van der Waals surface area contributed by atoms with Crippen molar-refractivity contribution in [3.05, 3.63) is 0 Å². The third kappa shape index (κ3) is 3.67. The largest absolute Gasteiger partial charge is 0.379 e. The summed E-state index contributed by atoms with van der Waals surface area (Å²) in [7, 11) is 0. The predicted molar refractivity (Wildman–Crippen MR) is 66.6 cm³/mol. The average molecular weight is 237 g/mol. The van der Waals surface area contributed by atoms with Gasteiger partial charge in [-0.3, -0.25) is 10.2 Å². The summed E-state index contributed by atoms with van der Waals surface area (Å²) >= 11 is 0. The van der Waals surface area contributed by atoms with Crippen molar-refractivity contribution in [3.63, 3.8) is 0 Å². The minimum atomic E-state index is -0.376. The molecule has 0 bridgehead atoms. The van der Waals surface area contributed by atoms with E-state index in [0.717, 1.165) is 32.7 Å². The quantitative estimate of drug-likeness (QED) is 0.779. The molecule has 0 radical (unpaired) electrons. The Labute approximate surface area is 104 Å². The van der Waals surface area contributed by atoms with Crippen LogP contribution in [0.5, 0.6) is 0 Å². The monoisotopic (exact) mass is 237 g/mol. The Kier molecular flexibility index (Phi) is 4.03. The molecule has 2 atom stereocenters. The number of rotatable bonds is 5. The first kappa shape index (κ1) is 12.8. The second kappa shape index (κ2) is 5.34. The molecule has 4 heteroatoms. The SMILES string of the molecule is CC(CC(C)(C#N)NC1CC1)N1CCOCC1. The molecule has 2 fully saturated rings. The van der Waals surface area contributed by atoms with Crippen LogP contribution in [0.1, 0.15) is 33.1 Å². The summed E-state index contributed by atoms with van der Waals surface area (Å²) in [6.45, 7) is 7.88. The molecule has 96 valence electrons. The van der Waals surface area contributed by atoms with Crippen molar-refractivity contribution in [2.45, 2.75) is 50.7 Å². The first-order valence-electron chi connectivity index (χ1n) is 6.64. The van der Waals surface area contributed by atoms with Crippen molar-refractivity contribution in [2.24, 2.45) is 0 Å². The van der Waals surface area contributed by atoms with E-state index in [0.29, 0.717) is 12.1 Å². The standard InChI is InChI=1S/C13H23N3O/c1-11(16-5-7-17-8-6-16)9-13(2,10-14)15-12-3-4-12/h11-12,15H,3-9H2,1-2H3. The zero-order valence-corrected chi connectivity index (χ0v) is 10.9. The van der Waals surface area contributed by atoms with E-state index in [9.17, 15) is 5.26 Å². The van der Waals surface area contributed by atoms with Gasteiger partial charge in [-0.1, -0.05) is 0 Å². The van der Waals surface area contributed by atoms with Crippen LogP contribution in [0.25, 0.3) is 0 Å². The first-order valence-corrected chi connectivity index (χ1v) is 6.64. The number of hydrogen-bond acceptors (Lipinski definition) is 4. The fourth-order valence-corrected chi connectivity index (χ4v) is 2.55. The van der Waals surface area contributed by atoms with Crippen LogP contribution in [-0.2, 0) is 4.74 Å². The molecule has 2 aliphatic rings. The van der Waals surface area contributed by atoms with E-state index in [4.69, 9.17) is 4.74 Å². The summed E-state index contributed by atoms with van der Waals surface area (Å²) in [4.78, 5) is 2.42. The van der Waals surface area contributed by atoms with Crippen molar-refractivity contribution in [3.8, 4) is 6.07 Å². The summed E-state index contributed by atoms with van der Waals surface area (Å²) in [6.07, 6.45) is 3.34. The number of nitriles is 1. The Morgan fingerprint density at radius 3 is 2.65 bits per heavy atom. The van der Waals surface area contributed by atoms with Crippen LogP contribution < -0.4 is 5.32 Å². The van der Waals surface area contributed by atoms with Crippen LogP contribution in [0, 0.1) is 11.3 Å². The molecule has 4 nitrogen and oxygen atoms in total. The van der Waals surface area contributed by atoms with Gasteiger partial charge in [0.1, 0.15) is 5.54 Å². The van der Waals surface area contributed by atoms with Crippen LogP contribution in [0.3, 0.4) is 0 Å². The molecule has 1 N–H and O–H groups in total. The van der Waals surface area contributed by atoms with E-state index in [1.807, 2.05) is 6.92 Å². The Bertz CT molecular complexity index is 292. The highest BCUT2D eigenvalue weighted by Gasteiger charge is 2.34. The highest BCUT2D eigenvalue weighted by Crippen LogP contribution is 2.25. The van der Waals surface area contributed by atoms with Gasteiger partial charge in [-0.05, 0) is 33.1 Å². The van der Waals surface area contributed by atoms with Crippen molar-refractivity contribution in [1.29, 1.82) is 5.26 Å². The lowest BCUT2D eigenvalue weighted by Crippen LogP contribution is -2.50. The average Bonchev–Trinajstić information content (AvgIpc) is 3.14. The fraction of sp³-hybridized carbons (Fsp3) is 0.923. The minimum Gasteiger partial charge on any atom is -0.379 e. The summed E-state index contributed by atoms with van der Waals surface area (Å²) in [5.74, 6) is 0. The lowest BCUT2D eigenvalue weighted by atomic mass is 9.94. The zero-order chi connectivity index (χ0) is 12.3. The van der Waals surface area contributed by atoms with E-state index in [1.165, 1.54) is 12.8 Å². The number of nitrogens with zero attached hydrogens (tertiary/aromatic N) is 2. The molecule has 2 unspecified atom stereocenters. The molecule has 0 aromatic heterocycles. The van der Waals surface area contributed by atoms with Gasteiger partial charge in [0.05, 0.1) is 19.3 Å². The lowest BCUT2D eigenvalue weighted by Gasteiger charge is -2.36. The maximum atomic E-state index is 9.35. The molecule has 1 saturated carbocycles. The highest BCUT2D eigenvalue weighted by atomic mass is 16.5. The van der Waals surface area contributed by atoms with Gasteiger partial charge in [-0.25, -0.2) is 0 Å². The Morgan fingerprint density at radius 1 is 1.47 bits per heavy atom. The topological polar surface area (TPSA) is 48.3 Å². The molecule has 17 heavy (non-hydrogen) atoms. The van der Waals surface area contributed by atoms with Crippen LogP contribution >= 0.6 is 0 Å². The third-order valence-electron chi connectivity index (χ3n) is 3.72. The van der Waals surface area contributed by atoms with E-state index in [2.05, 4.69) is 23.2 Å². The fourth-order valence-electron chi connectivity index (χ4n) is 2.55. The van der Waals surface area contributed by atoms with Crippen LogP contribution in [0.15, 0.2) is 0 Å². The molecular formula is C13H23N3O. The second-order valence-corrected chi connectivity index (χ2v) is 5.56. The Morgan fingerprint density at radius 2 is 2.12 bits per heavy atom. The Balaban J connectivity index is 1.85. The van der Waals surface area contributed by atoms with Gasteiger partial charge in [-0.15, -0.1) is 0 Å². The summed E-state index contributed by atoms with van der Waals surface area (Å²) < 4.78 is 5.36. The molecule has 1 aliphatic heterocycles. The molecule has 1 aliphatic carbocycles. The summed E-state index contributed by atoms with van der Waals surface area (Å²) in [5, 5.41) is 12.8. The third-order valence-corrected chi connectivity index (χ3v) is 3.72. The predicted octanol–water partition coefficient (Wildman–Crippen LogP) is 1.13. The molecular weight excluding hydrogens is 214 g/mol. The minimum absolute atomic E-state index is 0.376. The maximum Gasteiger partial charge on any atom is 0.105 e. The van der Waals surface area contributed by atoms with Crippen molar-refractivity contribution in [1.82, 2.24) is 10.2 Å². The van der Waals surface area contributed by atoms with Crippen molar-refractivity contribution < 1.29 is 4.74 Å². The number of nitrogens with one attached hydrogen (secondary N) is 1. The van der Waals surface area contributed by atoms with Crippen LogP contribution in [0.2, 0.25) is 0 Å².